The van der Waals surface area contributed by atoms with Crippen molar-refractivity contribution in [1.29, 1.82) is 0 Å². The molecule has 27 heavy (non-hydrogen) atoms. The summed E-state index contributed by atoms with van der Waals surface area (Å²) in [6.07, 6.45) is 1.30. The Hall–Kier alpha value is -3.34. The molecule has 1 amide bonds. The fourth-order valence-electron chi connectivity index (χ4n) is 2.37. The fourth-order valence-corrected chi connectivity index (χ4v) is 2.59. The normalized spacial score (nSPS) is 10.8. The molecule has 0 unspecified atom stereocenters. The molecule has 0 radical (unpaired) electrons. The summed E-state index contributed by atoms with van der Waals surface area (Å²) in [4.78, 5) is 26.3. The first kappa shape index (κ1) is 18.5. The van der Waals surface area contributed by atoms with Crippen LogP contribution in [0.15, 0.2) is 30.6 Å². The number of carbonyl (C=O) groups is 1. The number of anilines is 1. The molecule has 0 atom stereocenters. The van der Waals surface area contributed by atoms with E-state index in [-0.39, 0.29) is 35.4 Å². The standard InChI is InChI=1S/C15H13ClFN7O3/c1-9-5-14(24(26)27)23(20-9)7-13(25)19-15-18-8-22(21-15)6-10-11(16)3-2-4-12(10)17/h2-5,8H,6-7H2,1H3,(H,19,21,25). The molecule has 0 aliphatic heterocycles. The quantitative estimate of drug-likeness (QED) is 0.506. The molecule has 3 aromatic rings. The second-order valence-corrected chi connectivity index (χ2v) is 5.98. The Morgan fingerprint density at radius 2 is 2.19 bits per heavy atom. The van der Waals surface area contributed by atoms with Crippen LogP contribution < -0.4 is 5.32 Å². The van der Waals surface area contributed by atoms with Crippen LogP contribution in [0.1, 0.15) is 11.3 Å². The Kier molecular flexibility index (Phi) is 5.12. The second kappa shape index (κ2) is 7.50. The van der Waals surface area contributed by atoms with Crippen molar-refractivity contribution < 1.29 is 14.1 Å². The second-order valence-electron chi connectivity index (χ2n) is 5.57. The average Bonchev–Trinajstić information content (AvgIpc) is 3.17. The fraction of sp³-hybridized carbons (Fsp3) is 0.200. The maximum Gasteiger partial charge on any atom is 0.345 e. The minimum absolute atomic E-state index is 0.0260. The van der Waals surface area contributed by atoms with Gasteiger partial charge in [-0.05, 0) is 24.0 Å². The lowest BCUT2D eigenvalue weighted by Crippen LogP contribution is -2.21. The summed E-state index contributed by atoms with van der Waals surface area (Å²) in [7, 11) is 0. The van der Waals surface area contributed by atoms with Gasteiger partial charge in [0.05, 0.1) is 18.3 Å². The number of amides is 1. The first-order valence-electron chi connectivity index (χ1n) is 7.64. The van der Waals surface area contributed by atoms with Gasteiger partial charge in [-0.15, -0.1) is 9.78 Å². The van der Waals surface area contributed by atoms with Crippen molar-refractivity contribution in [1.82, 2.24) is 24.5 Å². The number of nitrogens with zero attached hydrogens (tertiary/aromatic N) is 6. The van der Waals surface area contributed by atoms with Crippen molar-refractivity contribution in [3.63, 3.8) is 0 Å². The van der Waals surface area contributed by atoms with E-state index in [0.29, 0.717) is 5.69 Å². The summed E-state index contributed by atoms with van der Waals surface area (Å²) in [5.74, 6) is -1.40. The van der Waals surface area contributed by atoms with E-state index in [0.717, 1.165) is 4.68 Å². The van der Waals surface area contributed by atoms with E-state index < -0.39 is 16.6 Å². The molecule has 0 saturated heterocycles. The Morgan fingerprint density at radius 1 is 1.41 bits per heavy atom. The van der Waals surface area contributed by atoms with Gasteiger partial charge < -0.3 is 10.1 Å². The molecule has 2 aromatic heterocycles. The summed E-state index contributed by atoms with van der Waals surface area (Å²) in [5.41, 5.74) is 0.656. The van der Waals surface area contributed by atoms with E-state index in [2.05, 4.69) is 20.5 Å². The topological polar surface area (TPSA) is 121 Å². The van der Waals surface area contributed by atoms with Gasteiger partial charge in [-0.1, -0.05) is 22.8 Å². The van der Waals surface area contributed by atoms with E-state index in [1.54, 1.807) is 13.0 Å². The Bertz CT molecular complexity index is 997. The van der Waals surface area contributed by atoms with Crippen LogP contribution in [-0.2, 0) is 17.9 Å². The maximum atomic E-state index is 13.8. The molecule has 0 aliphatic rings. The van der Waals surface area contributed by atoms with Gasteiger partial charge in [0.25, 0.3) is 5.91 Å². The van der Waals surface area contributed by atoms with Gasteiger partial charge in [-0.2, -0.15) is 0 Å². The van der Waals surface area contributed by atoms with E-state index >= 15 is 0 Å². The van der Waals surface area contributed by atoms with Crippen LogP contribution in [0.25, 0.3) is 0 Å². The molecular weight excluding hydrogens is 381 g/mol. The summed E-state index contributed by atoms with van der Waals surface area (Å²) >= 11 is 5.97. The number of aryl methyl sites for hydroxylation is 1. The molecule has 10 nitrogen and oxygen atoms in total. The van der Waals surface area contributed by atoms with Crippen molar-refractivity contribution in [2.24, 2.45) is 0 Å². The Balaban J connectivity index is 1.67. The Labute approximate surface area is 156 Å². The van der Waals surface area contributed by atoms with Gasteiger partial charge in [0, 0.05) is 10.6 Å². The molecule has 2 heterocycles. The molecule has 1 N–H and O–H groups in total. The number of benzene rings is 1. The van der Waals surface area contributed by atoms with Crippen LogP contribution in [-0.4, -0.2) is 35.4 Å². The number of carbonyl (C=O) groups excluding carboxylic acids is 1. The molecule has 3 rings (SSSR count). The highest BCUT2D eigenvalue weighted by atomic mass is 35.5. The zero-order valence-electron chi connectivity index (χ0n) is 14.0. The molecule has 0 saturated carbocycles. The highest BCUT2D eigenvalue weighted by Gasteiger charge is 2.20. The Morgan fingerprint density at radius 3 is 2.89 bits per heavy atom. The largest absolute Gasteiger partial charge is 0.358 e. The van der Waals surface area contributed by atoms with Gasteiger partial charge in [-0.3, -0.25) is 10.1 Å². The van der Waals surface area contributed by atoms with Crippen molar-refractivity contribution in [3.05, 3.63) is 62.8 Å². The van der Waals surface area contributed by atoms with E-state index in [9.17, 15) is 19.3 Å². The molecule has 0 bridgehead atoms. The zero-order valence-corrected chi connectivity index (χ0v) is 14.7. The first-order valence-corrected chi connectivity index (χ1v) is 8.02. The molecule has 0 spiro atoms. The smallest absolute Gasteiger partial charge is 0.345 e. The first-order chi connectivity index (χ1) is 12.8. The lowest BCUT2D eigenvalue weighted by Gasteiger charge is -2.05. The van der Waals surface area contributed by atoms with Crippen molar-refractivity contribution in [3.8, 4) is 0 Å². The highest BCUT2D eigenvalue weighted by molar-refractivity contribution is 6.31. The van der Waals surface area contributed by atoms with Crippen molar-refractivity contribution in [2.75, 3.05) is 5.32 Å². The number of aromatic nitrogens is 5. The molecule has 1 aromatic carbocycles. The van der Waals surface area contributed by atoms with Gasteiger partial charge >= 0.3 is 5.82 Å². The monoisotopic (exact) mass is 393 g/mol. The number of hydrogen-bond acceptors (Lipinski definition) is 6. The van der Waals surface area contributed by atoms with Gasteiger partial charge in [0.15, 0.2) is 6.54 Å². The third-order valence-electron chi connectivity index (χ3n) is 3.53. The van der Waals surface area contributed by atoms with Crippen LogP contribution >= 0.6 is 11.6 Å². The van der Waals surface area contributed by atoms with Crippen LogP contribution in [0.5, 0.6) is 0 Å². The molecule has 140 valence electrons. The molecule has 0 fully saturated rings. The summed E-state index contributed by atoms with van der Waals surface area (Å²) in [6.45, 7) is 1.23. The molecule has 12 heteroatoms. The number of hydrogen-bond donors (Lipinski definition) is 1. The van der Waals surface area contributed by atoms with E-state index in [4.69, 9.17) is 11.6 Å². The summed E-state index contributed by atoms with van der Waals surface area (Å²) < 4.78 is 16.1. The van der Waals surface area contributed by atoms with Crippen LogP contribution in [0, 0.1) is 22.9 Å². The van der Waals surface area contributed by atoms with Gasteiger partial charge in [0.1, 0.15) is 12.1 Å². The van der Waals surface area contributed by atoms with Crippen molar-refractivity contribution in [2.45, 2.75) is 20.0 Å². The zero-order chi connectivity index (χ0) is 19.6. The lowest BCUT2D eigenvalue weighted by atomic mass is 10.2. The maximum absolute atomic E-state index is 13.8. The lowest BCUT2D eigenvalue weighted by molar-refractivity contribution is -0.392. The number of nitro groups is 1. The number of nitrogens with one attached hydrogen (secondary N) is 1. The van der Waals surface area contributed by atoms with Gasteiger partial charge in [0.2, 0.25) is 5.95 Å². The number of halogens is 2. The predicted molar refractivity (Wildman–Crippen MR) is 92.8 cm³/mol. The SMILES string of the molecule is Cc1cc([N+](=O)[O-])n(CC(=O)Nc2ncn(Cc3c(F)cccc3Cl)n2)n1. The van der Waals surface area contributed by atoms with E-state index in [1.165, 1.54) is 29.2 Å². The van der Waals surface area contributed by atoms with Crippen LogP contribution in [0.4, 0.5) is 16.2 Å². The van der Waals surface area contributed by atoms with Gasteiger partial charge in [-0.25, -0.2) is 14.1 Å². The average molecular weight is 394 g/mol. The summed E-state index contributed by atoms with van der Waals surface area (Å²) in [5, 5.41) is 21.5. The third kappa shape index (κ3) is 4.26. The van der Waals surface area contributed by atoms with Crippen LogP contribution in [0.2, 0.25) is 5.02 Å². The van der Waals surface area contributed by atoms with Crippen LogP contribution in [0.3, 0.4) is 0 Å². The minimum Gasteiger partial charge on any atom is -0.358 e. The summed E-state index contributed by atoms with van der Waals surface area (Å²) in [6, 6.07) is 5.58. The number of rotatable bonds is 6. The molecule has 0 aliphatic carbocycles. The minimum atomic E-state index is -0.627. The molecular formula is C15H13ClFN7O3. The third-order valence-corrected chi connectivity index (χ3v) is 3.88. The predicted octanol–water partition coefficient (Wildman–Crippen LogP) is 2.17. The van der Waals surface area contributed by atoms with E-state index in [1.807, 2.05) is 0 Å². The van der Waals surface area contributed by atoms with Crippen molar-refractivity contribution >= 4 is 29.3 Å². The highest BCUT2D eigenvalue weighted by Crippen LogP contribution is 2.20.